The molecule has 0 spiro atoms. The van der Waals surface area contributed by atoms with Gasteiger partial charge in [0.15, 0.2) is 0 Å². The number of aliphatic hydroxyl groups is 1. The molecular weight excluding hydrogens is 541 g/mol. The van der Waals surface area contributed by atoms with Crippen molar-refractivity contribution in [3.8, 4) is 5.69 Å². The minimum absolute atomic E-state index is 0.221. The lowest BCUT2D eigenvalue weighted by Crippen LogP contribution is -2.46. The van der Waals surface area contributed by atoms with E-state index < -0.39 is 6.10 Å². The molecule has 10 heteroatoms. The maximum absolute atomic E-state index is 13.2. The van der Waals surface area contributed by atoms with Crippen molar-refractivity contribution in [1.82, 2.24) is 14.3 Å². The highest BCUT2D eigenvalue weighted by Crippen LogP contribution is 2.36. The molecule has 3 aromatic rings. The molecule has 2 aromatic carbocycles. The molecule has 43 heavy (non-hydrogen) atoms. The Labute approximate surface area is 256 Å². The first kappa shape index (κ1) is 31.4. The topological polar surface area (TPSA) is 85.0 Å². The molecule has 0 saturated carbocycles. The molecule has 1 aromatic heterocycles. The smallest absolute Gasteiger partial charge is 0.399 e. The van der Waals surface area contributed by atoms with E-state index in [4.69, 9.17) is 9.31 Å². The first-order valence-electron chi connectivity index (χ1n) is 15.8. The number of piperazine rings is 1. The number of benzene rings is 2. The number of aromatic nitrogens is 3. The van der Waals surface area contributed by atoms with Gasteiger partial charge in [0, 0.05) is 37.6 Å². The van der Waals surface area contributed by atoms with Crippen LogP contribution in [0.3, 0.4) is 0 Å². The van der Waals surface area contributed by atoms with Gasteiger partial charge >= 0.3 is 12.8 Å². The molecule has 2 atom stereocenters. The molecule has 2 unspecified atom stereocenters. The zero-order valence-corrected chi connectivity index (χ0v) is 26.9. The number of nitrogens with zero attached hydrogens (tertiary/aromatic N) is 5. The van der Waals surface area contributed by atoms with Gasteiger partial charge in [-0.2, -0.15) is 5.10 Å². The number of anilines is 2. The van der Waals surface area contributed by atoms with Crippen molar-refractivity contribution in [2.45, 2.75) is 91.1 Å². The first-order chi connectivity index (χ1) is 20.4. The van der Waals surface area contributed by atoms with Gasteiger partial charge in [0.05, 0.1) is 29.0 Å². The Bertz CT molecular complexity index is 1390. The van der Waals surface area contributed by atoms with E-state index in [1.165, 1.54) is 10.4 Å². The van der Waals surface area contributed by atoms with E-state index in [0.29, 0.717) is 18.8 Å². The lowest BCUT2D eigenvalue weighted by atomic mass is 9.79. The Morgan fingerprint density at radius 2 is 1.33 bits per heavy atom. The molecule has 0 radical (unpaired) electrons. The summed E-state index contributed by atoms with van der Waals surface area (Å²) in [7, 11) is -0.349. The van der Waals surface area contributed by atoms with Crippen LogP contribution < -0.4 is 21.0 Å². The van der Waals surface area contributed by atoms with E-state index in [9.17, 15) is 9.90 Å². The van der Waals surface area contributed by atoms with Crippen LogP contribution in [0.5, 0.6) is 0 Å². The minimum Gasteiger partial charge on any atom is -0.399 e. The van der Waals surface area contributed by atoms with E-state index in [1.807, 2.05) is 19.1 Å². The van der Waals surface area contributed by atoms with E-state index in [0.717, 1.165) is 49.4 Å². The van der Waals surface area contributed by atoms with Crippen LogP contribution in [0.2, 0.25) is 0 Å². The van der Waals surface area contributed by atoms with Crippen LogP contribution in [0.1, 0.15) is 73.8 Å². The minimum atomic E-state index is -0.595. The molecule has 3 heterocycles. The third-order valence-corrected chi connectivity index (χ3v) is 9.47. The lowest BCUT2D eigenvalue weighted by Gasteiger charge is -2.37. The van der Waals surface area contributed by atoms with Crippen LogP contribution in [0.4, 0.5) is 11.4 Å². The van der Waals surface area contributed by atoms with Gasteiger partial charge in [-0.05, 0) is 94.7 Å². The number of hydrogen-bond donors (Lipinski definition) is 1. The summed E-state index contributed by atoms with van der Waals surface area (Å²) in [6.45, 7) is 18.2. The van der Waals surface area contributed by atoms with Crippen LogP contribution in [0, 0.1) is 5.92 Å². The van der Waals surface area contributed by atoms with Gasteiger partial charge in [-0.1, -0.05) is 32.9 Å². The van der Waals surface area contributed by atoms with Gasteiger partial charge in [0.2, 0.25) is 0 Å². The molecular formula is C33H48BN5O4. The van der Waals surface area contributed by atoms with Crippen molar-refractivity contribution in [3.05, 3.63) is 65.3 Å². The largest absolute Gasteiger partial charge is 0.494 e. The van der Waals surface area contributed by atoms with Crippen LogP contribution in [0.25, 0.3) is 5.69 Å². The highest BCUT2D eigenvalue weighted by atomic mass is 16.7. The Morgan fingerprint density at radius 1 is 0.837 bits per heavy atom. The van der Waals surface area contributed by atoms with Gasteiger partial charge in [-0.3, -0.25) is 0 Å². The van der Waals surface area contributed by atoms with Gasteiger partial charge in [-0.25, -0.2) is 14.0 Å². The fourth-order valence-electron chi connectivity index (χ4n) is 5.89. The SMILES string of the molecule is CCC(C(O)CCC(C)C)n1ncn(-c2ccc(N3CCN(c4ccc(B5OC(C)(C)C(C)(C)O5)cc4)CC3)cc2)c1=O. The summed E-state index contributed by atoms with van der Waals surface area (Å²) in [5, 5.41) is 15.1. The van der Waals surface area contributed by atoms with Crippen LogP contribution in [-0.4, -0.2) is 70.1 Å². The monoisotopic (exact) mass is 589 g/mol. The average Bonchev–Trinajstić information content (AvgIpc) is 3.47. The van der Waals surface area contributed by atoms with Crippen LogP contribution in [-0.2, 0) is 9.31 Å². The second-order valence-electron chi connectivity index (χ2n) is 13.4. The highest BCUT2D eigenvalue weighted by Gasteiger charge is 2.51. The number of aliphatic hydroxyl groups excluding tert-OH is 1. The van der Waals surface area contributed by atoms with E-state index in [2.05, 4.69) is 92.8 Å². The van der Waals surface area contributed by atoms with E-state index >= 15 is 0 Å². The molecule has 2 aliphatic heterocycles. The fourth-order valence-corrected chi connectivity index (χ4v) is 5.89. The third-order valence-electron chi connectivity index (χ3n) is 9.47. The molecule has 2 saturated heterocycles. The zero-order chi connectivity index (χ0) is 30.9. The zero-order valence-electron chi connectivity index (χ0n) is 26.9. The first-order valence-corrected chi connectivity index (χ1v) is 15.8. The van der Waals surface area contributed by atoms with Crippen LogP contribution >= 0.6 is 0 Å². The van der Waals surface area contributed by atoms with Crippen molar-refractivity contribution in [2.75, 3.05) is 36.0 Å². The van der Waals surface area contributed by atoms with Gasteiger partial charge < -0.3 is 24.2 Å². The Kier molecular flexibility index (Phi) is 9.11. The molecule has 0 amide bonds. The quantitative estimate of drug-likeness (QED) is 0.351. The van der Waals surface area contributed by atoms with Crippen LogP contribution in [0.15, 0.2) is 59.7 Å². The highest BCUT2D eigenvalue weighted by molar-refractivity contribution is 6.62. The van der Waals surface area contributed by atoms with Crippen molar-refractivity contribution in [3.63, 3.8) is 0 Å². The summed E-state index contributed by atoms with van der Waals surface area (Å²) in [6.07, 6.45) is 3.18. The molecule has 2 fully saturated rings. The second kappa shape index (κ2) is 12.5. The van der Waals surface area contributed by atoms with Gasteiger partial charge in [0.25, 0.3) is 0 Å². The fraction of sp³-hybridized carbons (Fsp3) is 0.576. The summed E-state index contributed by atoms with van der Waals surface area (Å²) in [5.74, 6) is 0.503. The second-order valence-corrected chi connectivity index (χ2v) is 13.4. The Hall–Kier alpha value is -3.08. The van der Waals surface area contributed by atoms with Crippen molar-refractivity contribution in [2.24, 2.45) is 5.92 Å². The molecule has 9 nitrogen and oxygen atoms in total. The van der Waals surface area contributed by atoms with Crippen molar-refractivity contribution in [1.29, 1.82) is 0 Å². The number of hydrogen-bond acceptors (Lipinski definition) is 7. The third kappa shape index (κ3) is 6.56. The normalized spacial score (nSPS) is 19.7. The summed E-state index contributed by atoms with van der Waals surface area (Å²) in [6, 6.07) is 16.3. The van der Waals surface area contributed by atoms with E-state index in [-0.39, 0.29) is 30.1 Å². The Morgan fingerprint density at radius 3 is 1.81 bits per heavy atom. The number of rotatable bonds is 10. The molecule has 232 valence electrons. The summed E-state index contributed by atoms with van der Waals surface area (Å²) in [5.41, 5.74) is 3.23. The van der Waals surface area contributed by atoms with Crippen molar-refractivity contribution >= 4 is 24.0 Å². The standard InChI is InChI=1S/C33H48BN5O4/c1-8-29(30(40)18-9-24(2)3)39-31(41)38(23-35-39)28-16-14-27(15-17-28)37-21-19-36(20-22-37)26-12-10-25(11-13-26)34-42-32(4,5)33(6,7)43-34/h10-17,23-24,29-30,40H,8-9,18-22H2,1-7H3. The maximum atomic E-state index is 13.2. The van der Waals surface area contributed by atoms with Gasteiger partial charge in [-0.15, -0.1) is 0 Å². The molecule has 1 N–H and O–H groups in total. The molecule has 5 rings (SSSR count). The van der Waals surface area contributed by atoms with Crippen molar-refractivity contribution < 1.29 is 14.4 Å². The molecule has 0 bridgehead atoms. The molecule has 2 aliphatic rings. The van der Waals surface area contributed by atoms with Gasteiger partial charge in [0.1, 0.15) is 6.33 Å². The predicted octanol–water partition coefficient (Wildman–Crippen LogP) is 4.41. The lowest BCUT2D eigenvalue weighted by molar-refractivity contribution is 0.00578. The predicted molar refractivity (Wildman–Crippen MR) is 174 cm³/mol. The summed E-state index contributed by atoms with van der Waals surface area (Å²) >= 11 is 0. The summed E-state index contributed by atoms with van der Waals surface area (Å²) in [4.78, 5) is 18.0. The maximum Gasteiger partial charge on any atom is 0.494 e. The summed E-state index contributed by atoms with van der Waals surface area (Å²) < 4.78 is 15.4. The Balaban J connectivity index is 1.18. The average molecular weight is 590 g/mol. The molecule has 0 aliphatic carbocycles. The van der Waals surface area contributed by atoms with E-state index in [1.54, 1.807) is 10.9 Å².